The second-order valence-corrected chi connectivity index (χ2v) is 5.52. The van der Waals surface area contributed by atoms with Crippen LogP contribution in [-0.2, 0) is 11.3 Å². The van der Waals surface area contributed by atoms with Crippen molar-refractivity contribution in [2.45, 2.75) is 13.5 Å². The van der Waals surface area contributed by atoms with E-state index in [-0.39, 0.29) is 11.8 Å². The minimum Gasteiger partial charge on any atom is -0.497 e. The fourth-order valence-electron chi connectivity index (χ4n) is 2.22. The maximum absolute atomic E-state index is 12.3. The van der Waals surface area contributed by atoms with Crippen molar-refractivity contribution in [2.75, 3.05) is 26.5 Å². The number of hydrogen-bond acceptors (Lipinski definition) is 4. The number of ether oxygens (including phenoxy) is 1. The zero-order chi connectivity index (χ0) is 18.4. The lowest BCUT2D eigenvalue weighted by molar-refractivity contribution is -0.111. The van der Waals surface area contributed by atoms with Gasteiger partial charge in [0.25, 0.3) is 5.91 Å². The van der Waals surface area contributed by atoms with Gasteiger partial charge in [-0.05, 0) is 30.7 Å². The maximum atomic E-state index is 12.3. The lowest BCUT2D eigenvalue weighted by Crippen LogP contribution is -2.26. The Morgan fingerprint density at radius 2 is 1.96 bits per heavy atom. The molecule has 2 rings (SSSR count). The number of carbonyl (C=O) groups is 2. The number of nitrogens with one attached hydrogen (secondary N) is 1. The van der Waals surface area contributed by atoms with Crippen molar-refractivity contribution in [1.82, 2.24) is 14.7 Å². The Labute approximate surface area is 146 Å². The van der Waals surface area contributed by atoms with Gasteiger partial charge in [0.1, 0.15) is 11.4 Å². The molecule has 7 heteroatoms. The highest BCUT2D eigenvalue weighted by atomic mass is 16.5. The topological polar surface area (TPSA) is 76.5 Å². The summed E-state index contributed by atoms with van der Waals surface area (Å²) < 4.78 is 6.65. The first-order valence-corrected chi connectivity index (χ1v) is 7.86. The van der Waals surface area contributed by atoms with Gasteiger partial charge in [0.05, 0.1) is 19.0 Å². The van der Waals surface area contributed by atoms with Gasteiger partial charge in [-0.3, -0.25) is 14.3 Å². The van der Waals surface area contributed by atoms with Crippen molar-refractivity contribution in [3.63, 3.8) is 0 Å². The lowest BCUT2D eigenvalue weighted by Gasteiger charge is -2.13. The molecular weight excluding hydrogens is 320 g/mol. The summed E-state index contributed by atoms with van der Waals surface area (Å²) in [6, 6.07) is 7.32. The molecule has 0 bridgehead atoms. The number of anilines is 1. The van der Waals surface area contributed by atoms with Crippen LogP contribution in [0.1, 0.15) is 23.0 Å². The second kappa shape index (κ2) is 8.14. The molecule has 2 amide bonds. The van der Waals surface area contributed by atoms with Gasteiger partial charge in [-0.2, -0.15) is 5.10 Å². The van der Waals surface area contributed by atoms with Crippen molar-refractivity contribution in [2.24, 2.45) is 0 Å². The fourth-order valence-corrected chi connectivity index (χ4v) is 2.22. The molecule has 2 aromatic rings. The van der Waals surface area contributed by atoms with Gasteiger partial charge in [0, 0.05) is 26.7 Å². The van der Waals surface area contributed by atoms with Crippen LogP contribution in [0.15, 0.2) is 36.5 Å². The van der Waals surface area contributed by atoms with Crippen molar-refractivity contribution < 1.29 is 14.3 Å². The zero-order valence-electron chi connectivity index (χ0n) is 14.8. The molecule has 0 aliphatic carbocycles. The van der Waals surface area contributed by atoms with Gasteiger partial charge in [-0.1, -0.05) is 12.1 Å². The Hall–Kier alpha value is -3.09. The molecule has 7 nitrogen and oxygen atoms in total. The number of rotatable bonds is 6. The van der Waals surface area contributed by atoms with Gasteiger partial charge < -0.3 is 15.0 Å². The first-order valence-electron chi connectivity index (χ1n) is 7.86. The molecule has 0 saturated heterocycles. The van der Waals surface area contributed by atoms with Crippen LogP contribution in [0.2, 0.25) is 0 Å². The largest absolute Gasteiger partial charge is 0.497 e. The molecule has 1 heterocycles. The third-order valence-corrected chi connectivity index (χ3v) is 3.55. The van der Waals surface area contributed by atoms with Gasteiger partial charge in [0.15, 0.2) is 0 Å². The van der Waals surface area contributed by atoms with E-state index < -0.39 is 0 Å². The van der Waals surface area contributed by atoms with Crippen LogP contribution in [0.4, 0.5) is 5.69 Å². The number of aryl methyl sites for hydroxylation is 1. The first-order chi connectivity index (χ1) is 12.0. The molecule has 1 N–H and O–H groups in total. The lowest BCUT2D eigenvalue weighted by atomic mass is 10.2. The summed E-state index contributed by atoms with van der Waals surface area (Å²) in [5.41, 5.74) is 1.62. The molecule has 0 radical (unpaired) electrons. The third-order valence-electron chi connectivity index (χ3n) is 3.55. The molecule has 0 unspecified atom stereocenters. The average molecular weight is 342 g/mol. The van der Waals surface area contributed by atoms with Crippen LogP contribution in [0, 0.1) is 0 Å². The number of hydrogen-bond donors (Lipinski definition) is 1. The van der Waals surface area contributed by atoms with Crippen molar-refractivity contribution >= 4 is 23.6 Å². The molecule has 0 aliphatic rings. The normalized spacial score (nSPS) is 10.7. The Morgan fingerprint density at radius 3 is 2.52 bits per heavy atom. The predicted molar refractivity (Wildman–Crippen MR) is 96.6 cm³/mol. The summed E-state index contributed by atoms with van der Waals surface area (Å²) in [5, 5.41) is 6.86. The molecule has 0 spiro atoms. The molecule has 132 valence electrons. The van der Waals surface area contributed by atoms with E-state index in [2.05, 4.69) is 10.4 Å². The number of methoxy groups -OCH3 is 1. The monoisotopic (exact) mass is 342 g/mol. The molecule has 0 saturated carbocycles. The van der Waals surface area contributed by atoms with Crippen molar-refractivity contribution in [3.8, 4) is 5.75 Å². The summed E-state index contributed by atoms with van der Waals surface area (Å²) in [7, 11) is 4.91. The number of aromatic nitrogens is 2. The summed E-state index contributed by atoms with van der Waals surface area (Å²) in [4.78, 5) is 25.9. The molecular formula is C18H22N4O3. The molecule has 25 heavy (non-hydrogen) atoms. The molecule has 0 fully saturated rings. The van der Waals surface area contributed by atoms with Crippen LogP contribution < -0.4 is 10.1 Å². The summed E-state index contributed by atoms with van der Waals surface area (Å²) in [6.07, 6.45) is 4.58. The third kappa shape index (κ3) is 4.47. The maximum Gasteiger partial charge on any atom is 0.273 e. The van der Waals surface area contributed by atoms with E-state index in [1.165, 1.54) is 17.2 Å². The van der Waals surface area contributed by atoms with E-state index in [0.29, 0.717) is 17.9 Å². The van der Waals surface area contributed by atoms with Gasteiger partial charge in [-0.25, -0.2) is 0 Å². The van der Waals surface area contributed by atoms with Crippen molar-refractivity contribution in [1.29, 1.82) is 0 Å². The number of amides is 2. The average Bonchev–Trinajstić information content (AvgIpc) is 3.02. The van der Waals surface area contributed by atoms with Gasteiger partial charge in [-0.15, -0.1) is 0 Å². The fraction of sp³-hybridized carbons (Fsp3) is 0.278. The van der Waals surface area contributed by atoms with E-state index in [0.717, 1.165) is 11.3 Å². The van der Waals surface area contributed by atoms with E-state index in [4.69, 9.17) is 4.74 Å². The van der Waals surface area contributed by atoms with Crippen LogP contribution in [0.5, 0.6) is 5.75 Å². The molecule has 1 aromatic carbocycles. The first kappa shape index (κ1) is 18.3. The Balaban J connectivity index is 2.13. The van der Waals surface area contributed by atoms with E-state index in [1.54, 1.807) is 32.0 Å². The van der Waals surface area contributed by atoms with Gasteiger partial charge in [0.2, 0.25) is 5.91 Å². The highest BCUT2D eigenvalue weighted by Crippen LogP contribution is 2.17. The highest BCUT2D eigenvalue weighted by Gasteiger charge is 2.20. The van der Waals surface area contributed by atoms with E-state index in [1.807, 2.05) is 31.2 Å². The van der Waals surface area contributed by atoms with E-state index >= 15 is 0 Å². The van der Waals surface area contributed by atoms with Crippen LogP contribution >= 0.6 is 0 Å². The number of benzene rings is 1. The summed E-state index contributed by atoms with van der Waals surface area (Å²) >= 11 is 0. The number of nitrogens with zero attached hydrogens (tertiary/aromatic N) is 3. The van der Waals surface area contributed by atoms with E-state index in [9.17, 15) is 9.59 Å². The highest BCUT2D eigenvalue weighted by molar-refractivity contribution is 6.06. The Kier molecular flexibility index (Phi) is 5.94. The summed E-state index contributed by atoms with van der Waals surface area (Å²) in [5.74, 6) is 0.202. The van der Waals surface area contributed by atoms with Gasteiger partial charge >= 0.3 is 0 Å². The zero-order valence-corrected chi connectivity index (χ0v) is 14.8. The second-order valence-electron chi connectivity index (χ2n) is 5.52. The quantitative estimate of drug-likeness (QED) is 0.817. The van der Waals surface area contributed by atoms with Crippen LogP contribution in [0.25, 0.3) is 6.08 Å². The molecule has 1 aromatic heterocycles. The smallest absolute Gasteiger partial charge is 0.273 e. The van der Waals surface area contributed by atoms with Crippen LogP contribution in [0.3, 0.4) is 0 Å². The summed E-state index contributed by atoms with van der Waals surface area (Å²) in [6.45, 7) is 2.42. The number of carbonyl (C=O) groups excluding carboxylic acids is 2. The minimum atomic E-state index is -0.334. The standard InChI is InChI=1S/C18H22N4O3/c1-5-22-17(18(24)21(2)3)15(12-19-22)20-16(23)11-8-13-6-9-14(25-4)10-7-13/h6-12H,5H2,1-4H3,(H,20,23)/b11-8+. The van der Waals surface area contributed by atoms with Crippen molar-refractivity contribution in [3.05, 3.63) is 47.8 Å². The molecule has 0 aliphatic heterocycles. The SMILES string of the molecule is CCn1ncc(NC(=O)/C=C/c2ccc(OC)cc2)c1C(=O)N(C)C. The molecule has 0 atom stereocenters. The minimum absolute atomic E-state index is 0.214. The Bertz CT molecular complexity index is 776. The Morgan fingerprint density at radius 1 is 1.28 bits per heavy atom. The predicted octanol–water partition coefficient (Wildman–Crippen LogP) is 2.27. The van der Waals surface area contributed by atoms with Crippen LogP contribution in [-0.4, -0.2) is 47.7 Å².